The van der Waals surface area contributed by atoms with Gasteiger partial charge in [-0.3, -0.25) is 9.69 Å². The number of benzene rings is 5. The second-order valence-corrected chi connectivity index (χ2v) is 11.2. The lowest BCUT2D eigenvalue weighted by atomic mass is 10.0. The molecule has 0 unspecified atom stereocenters. The van der Waals surface area contributed by atoms with Crippen molar-refractivity contribution < 1.29 is 43.3 Å². The van der Waals surface area contributed by atoms with Crippen LogP contribution in [0.5, 0.6) is 0 Å². The zero-order valence-corrected chi connectivity index (χ0v) is 27.5. The summed E-state index contributed by atoms with van der Waals surface area (Å²) in [6, 6.07) is 38.2. The van der Waals surface area contributed by atoms with Gasteiger partial charge in [0.05, 0.1) is 18.4 Å². The van der Waals surface area contributed by atoms with Crippen LogP contribution in [-0.2, 0) is 41.6 Å². The number of esters is 2. The first-order valence-electron chi connectivity index (χ1n) is 15.9. The minimum atomic E-state index is -1.30. The highest BCUT2D eigenvalue weighted by atomic mass is 16.5. The van der Waals surface area contributed by atoms with Crippen LogP contribution in [0, 0.1) is 0 Å². The highest BCUT2D eigenvalue weighted by Gasteiger charge is 2.31. The Morgan fingerprint density at radius 1 is 0.686 bits per heavy atom. The van der Waals surface area contributed by atoms with Crippen molar-refractivity contribution >= 4 is 41.3 Å². The number of carbonyl (C=O) groups excluding carboxylic acids is 4. The molecule has 51 heavy (non-hydrogen) atoms. The van der Waals surface area contributed by atoms with Gasteiger partial charge in [-0.15, -0.1) is 0 Å². The summed E-state index contributed by atoms with van der Waals surface area (Å²) in [5.74, 6) is -4.30. The van der Waals surface area contributed by atoms with Crippen LogP contribution in [0.3, 0.4) is 0 Å². The lowest BCUT2D eigenvalue weighted by Crippen LogP contribution is -2.42. The number of amides is 2. The Morgan fingerprint density at radius 2 is 1.24 bits per heavy atom. The summed E-state index contributed by atoms with van der Waals surface area (Å²) in [7, 11) is 1.12. The Bertz CT molecular complexity index is 1930. The molecule has 0 saturated heterocycles. The number of nitrogens with one attached hydrogen (secondary N) is 1. The molecule has 0 aliphatic carbocycles. The number of rotatable bonds is 12. The van der Waals surface area contributed by atoms with Crippen molar-refractivity contribution in [1.82, 2.24) is 5.32 Å². The van der Waals surface area contributed by atoms with Crippen molar-refractivity contribution in [2.24, 2.45) is 0 Å². The number of hydrogen-bond acceptors (Lipinski definition) is 8. The summed E-state index contributed by atoms with van der Waals surface area (Å²) in [5, 5.41) is 11.9. The Balaban J connectivity index is 1.50. The predicted octanol–water partition coefficient (Wildman–Crippen LogP) is 6.39. The summed E-state index contributed by atoms with van der Waals surface area (Å²) in [6.07, 6.45) is -1.80. The van der Waals surface area contributed by atoms with Crippen molar-refractivity contribution in [3.8, 4) is 0 Å². The minimum Gasteiger partial charge on any atom is -0.480 e. The van der Waals surface area contributed by atoms with Crippen LogP contribution in [0.4, 0.5) is 16.2 Å². The first-order chi connectivity index (χ1) is 24.7. The maximum atomic E-state index is 14.0. The fourth-order valence-electron chi connectivity index (χ4n) is 5.26. The van der Waals surface area contributed by atoms with Gasteiger partial charge in [0.15, 0.2) is 6.10 Å². The van der Waals surface area contributed by atoms with Crippen LogP contribution in [-0.4, -0.2) is 48.2 Å². The summed E-state index contributed by atoms with van der Waals surface area (Å²) in [4.78, 5) is 65.8. The van der Waals surface area contributed by atoms with Crippen LogP contribution in [0.25, 0.3) is 0 Å². The topological polar surface area (TPSA) is 149 Å². The maximum absolute atomic E-state index is 14.0. The summed E-state index contributed by atoms with van der Waals surface area (Å²) >= 11 is 0. The number of alkyl carbamates (subject to hydrolysis) is 1. The van der Waals surface area contributed by atoms with E-state index in [1.54, 1.807) is 48.5 Å². The third-order valence-corrected chi connectivity index (χ3v) is 7.79. The van der Waals surface area contributed by atoms with Crippen LogP contribution in [0.2, 0.25) is 0 Å². The van der Waals surface area contributed by atoms with Gasteiger partial charge in [-0.1, -0.05) is 115 Å². The zero-order chi connectivity index (χ0) is 36.2. The number of carbonyl (C=O) groups is 5. The number of methoxy groups -OCH3 is 1. The molecule has 5 aromatic carbocycles. The Morgan fingerprint density at radius 3 is 1.80 bits per heavy atom. The highest BCUT2D eigenvalue weighted by molar-refractivity contribution is 6.40. The molecular formula is C40H34N2O9. The molecule has 2 amide bonds. The van der Waals surface area contributed by atoms with Crippen molar-refractivity contribution in [2.45, 2.75) is 25.2 Å². The van der Waals surface area contributed by atoms with E-state index < -0.39 is 42.1 Å². The molecule has 0 aliphatic heterocycles. The molecule has 11 heteroatoms. The molecule has 0 heterocycles. The Kier molecular flexibility index (Phi) is 11.9. The molecular weight excluding hydrogens is 652 g/mol. The quantitative estimate of drug-likeness (QED) is 0.0865. The van der Waals surface area contributed by atoms with E-state index in [-0.39, 0.29) is 30.0 Å². The molecule has 0 spiro atoms. The number of hydrogen-bond donors (Lipinski definition) is 2. The van der Waals surface area contributed by atoms with E-state index in [1.165, 1.54) is 24.3 Å². The number of anilines is 2. The van der Waals surface area contributed by atoms with Crippen molar-refractivity contribution in [1.29, 1.82) is 0 Å². The minimum absolute atomic E-state index is 0.00383. The third kappa shape index (κ3) is 9.24. The zero-order valence-electron chi connectivity index (χ0n) is 27.5. The van der Waals surface area contributed by atoms with Gasteiger partial charge in [-0.2, -0.15) is 0 Å². The molecule has 258 valence electrons. The number of nitrogens with zero attached hydrogens (tertiary/aromatic N) is 1. The van der Waals surface area contributed by atoms with Gasteiger partial charge in [0.1, 0.15) is 12.6 Å². The van der Waals surface area contributed by atoms with Gasteiger partial charge in [-0.05, 0) is 46.5 Å². The number of carboxylic acids is 1. The van der Waals surface area contributed by atoms with E-state index >= 15 is 0 Å². The smallest absolute Gasteiger partial charge is 0.407 e. The van der Waals surface area contributed by atoms with E-state index in [0.717, 1.165) is 23.1 Å². The molecule has 5 rings (SSSR count). The molecule has 0 saturated carbocycles. The Labute approximate surface area is 294 Å². The number of ether oxygens (including phenoxy) is 3. The molecule has 0 fully saturated rings. The molecule has 5 aromatic rings. The van der Waals surface area contributed by atoms with Gasteiger partial charge >= 0.3 is 29.9 Å². The lowest BCUT2D eigenvalue weighted by molar-refractivity contribution is -0.154. The van der Waals surface area contributed by atoms with E-state index in [0.29, 0.717) is 11.1 Å². The van der Waals surface area contributed by atoms with E-state index in [2.05, 4.69) is 10.1 Å². The molecule has 0 radical (unpaired) electrons. The van der Waals surface area contributed by atoms with Crippen molar-refractivity contribution in [3.63, 3.8) is 0 Å². The molecule has 0 aliphatic rings. The second kappa shape index (κ2) is 17.1. The van der Waals surface area contributed by atoms with Gasteiger partial charge in [0, 0.05) is 12.1 Å². The number of carboxylic acid groups (broad SMARTS) is 1. The fraction of sp³-hybridized carbons (Fsp3) is 0.125. The molecule has 0 bridgehead atoms. The number of para-hydroxylation sites is 1. The molecule has 0 aromatic heterocycles. The highest BCUT2D eigenvalue weighted by Crippen LogP contribution is 2.33. The summed E-state index contributed by atoms with van der Waals surface area (Å²) < 4.78 is 16.0. The Hall–Kier alpha value is -6.75. The standard InChI is InChI=1S/C40H34N2O9/c1-49-40(48)41-33(37(44)45)25-27-21-23-31(24-22-27)42(36(43)39(47)50-26-28-13-5-2-6-14-28)34-20-12-11-19-32(34)38(46)51-35(29-15-7-3-8-16-29)30-17-9-4-10-18-30/h2-24,33,35H,25-26H2,1H3,(H,41,48)(H,44,45)/t33-/m0/s1. The van der Waals surface area contributed by atoms with Gasteiger partial charge in [0.2, 0.25) is 0 Å². The van der Waals surface area contributed by atoms with E-state index in [1.807, 2.05) is 66.7 Å². The van der Waals surface area contributed by atoms with Gasteiger partial charge in [0.25, 0.3) is 0 Å². The fourth-order valence-corrected chi connectivity index (χ4v) is 5.26. The van der Waals surface area contributed by atoms with E-state index in [4.69, 9.17) is 9.47 Å². The van der Waals surface area contributed by atoms with Crippen molar-refractivity contribution in [3.05, 3.63) is 167 Å². The number of aliphatic carboxylic acids is 1. The monoisotopic (exact) mass is 686 g/mol. The molecule has 11 nitrogen and oxygen atoms in total. The SMILES string of the molecule is COC(=O)N[C@@H](Cc1ccc(N(C(=O)C(=O)OCc2ccccc2)c2ccccc2C(=O)OC(c2ccccc2)c2ccccc2)cc1)C(=O)O. The van der Waals surface area contributed by atoms with Crippen LogP contribution in [0.1, 0.15) is 38.7 Å². The van der Waals surface area contributed by atoms with Gasteiger partial charge < -0.3 is 24.6 Å². The molecule has 1 atom stereocenters. The van der Waals surface area contributed by atoms with Crippen LogP contribution >= 0.6 is 0 Å². The van der Waals surface area contributed by atoms with Crippen LogP contribution in [0.15, 0.2) is 140 Å². The average molecular weight is 687 g/mol. The van der Waals surface area contributed by atoms with Crippen molar-refractivity contribution in [2.75, 3.05) is 12.0 Å². The lowest BCUT2D eigenvalue weighted by Gasteiger charge is -2.25. The predicted molar refractivity (Wildman–Crippen MR) is 187 cm³/mol. The third-order valence-electron chi connectivity index (χ3n) is 7.79. The summed E-state index contributed by atoms with van der Waals surface area (Å²) in [5.41, 5.74) is 2.83. The maximum Gasteiger partial charge on any atom is 0.407 e. The first kappa shape index (κ1) is 35.6. The second-order valence-electron chi connectivity index (χ2n) is 11.2. The van der Waals surface area contributed by atoms with Gasteiger partial charge in [-0.25, -0.2) is 19.2 Å². The summed E-state index contributed by atoms with van der Waals surface area (Å²) in [6.45, 7) is -0.165. The first-order valence-corrected chi connectivity index (χ1v) is 15.9. The largest absolute Gasteiger partial charge is 0.480 e. The average Bonchev–Trinajstić information content (AvgIpc) is 3.17. The van der Waals surface area contributed by atoms with E-state index in [9.17, 15) is 29.1 Å². The van der Waals surface area contributed by atoms with Crippen LogP contribution < -0.4 is 10.2 Å². The normalized spacial score (nSPS) is 11.2. The molecule has 2 N–H and O–H groups in total.